The van der Waals surface area contributed by atoms with Crippen molar-refractivity contribution in [3.8, 4) is 67.4 Å². The van der Waals surface area contributed by atoms with E-state index in [1.54, 1.807) is 0 Å². The Morgan fingerprint density at radius 1 is 0.280 bits per heavy atom. The number of hydrogen-bond donors (Lipinski definition) is 0. The molecule has 0 N–H and O–H groups in total. The maximum atomic E-state index is 5.25. The van der Waals surface area contributed by atoms with Gasteiger partial charge in [-0.05, 0) is 22.8 Å². The zero-order chi connectivity index (χ0) is 33.3. The van der Waals surface area contributed by atoms with Gasteiger partial charge in [-0.1, -0.05) is 182 Å². The Morgan fingerprint density at radius 3 is 1.32 bits per heavy atom. The molecule has 0 radical (unpaired) electrons. The van der Waals surface area contributed by atoms with Crippen LogP contribution in [0.2, 0.25) is 0 Å². The normalized spacial score (nSPS) is 11.2. The van der Waals surface area contributed by atoms with E-state index >= 15 is 0 Å². The number of aromatic nitrogens is 3. The average molecular weight is 638 g/mol. The van der Waals surface area contributed by atoms with Crippen LogP contribution < -0.4 is 0 Å². The Bertz CT molecular complexity index is 2540. The van der Waals surface area contributed by atoms with Crippen molar-refractivity contribution >= 4 is 21.7 Å². The second kappa shape index (κ2) is 12.7. The first kappa shape index (κ1) is 29.4. The Kier molecular flexibility index (Phi) is 7.49. The number of benzene rings is 7. The van der Waals surface area contributed by atoms with Gasteiger partial charge in [0, 0.05) is 44.0 Å². The lowest BCUT2D eigenvalue weighted by atomic mass is 9.90. The number of nitrogens with zero attached hydrogens (tertiary/aromatic N) is 3. The summed E-state index contributed by atoms with van der Waals surface area (Å²) in [5.41, 5.74) is 12.3. The Hall–Kier alpha value is -6.71. The first-order chi connectivity index (χ1) is 24.8. The number of para-hydroxylation sites is 1. The smallest absolute Gasteiger partial charge is 0.160 e. The molecule has 234 valence electrons. The van der Waals surface area contributed by atoms with E-state index in [0.29, 0.717) is 5.82 Å². The highest BCUT2D eigenvalue weighted by molar-refractivity contribution is 6.17. The molecule has 0 amide bonds. The number of fused-ring (bicyclic) bond motifs is 3. The summed E-state index contributed by atoms with van der Waals surface area (Å²) in [6.45, 7) is 0. The maximum Gasteiger partial charge on any atom is 0.160 e. The van der Waals surface area contributed by atoms with Crippen molar-refractivity contribution in [3.05, 3.63) is 188 Å². The molecule has 3 nitrogen and oxygen atoms in total. The third-order valence-electron chi connectivity index (χ3n) is 9.29. The van der Waals surface area contributed by atoms with Crippen LogP contribution in [0.4, 0.5) is 0 Å². The second-order valence-electron chi connectivity index (χ2n) is 12.4. The van der Waals surface area contributed by atoms with Gasteiger partial charge >= 0.3 is 0 Å². The van der Waals surface area contributed by atoms with Crippen molar-refractivity contribution in [1.29, 1.82) is 0 Å². The monoisotopic (exact) mass is 637 g/mol. The maximum absolute atomic E-state index is 5.25. The van der Waals surface area contributed by atoms with E-state index in [-0.39, 0.29) is 0 Å². The zero-order valence-electron chi connectivity index (χ0n) is 27.2. The summed E-state index contributed by atoms with van der Waals surface area (Å²) in [5, 5.41) is 3.48. The highest BCUT2D eigenvalue weighted by Gasteiger charge is 2.21. The summed E-state index contributed by atoms with van der Waals surface area (Å²) in [6, 6.07) is 65.5. The molecule has 0 aliphatic carbocycles. The van der Waals surface area contributed by atoms with E-state index in [9.17, 15) is 0 Å². The predicted octanol–water partition coefficient (Wildman–Crippen LogP) is 12.2. The molecule has 0 bridgehead atoms. The highest BCUT2D eigenvalue weighted by atomic mass is 14.9. The number of hydrogen-bond acceptors (Lipinski definition) is 3. The third-order valence-corrected chi connectivity index (χ3v) is 9.29. The minimum Gasteiger partial charge on any atom is -0.247 e. The number of rotatable bonds is 6. The van der Waals surface area contributed by atoms with Gasteiger partial charge in [0.1, 0.15) is 0 Å². The summed E-state index contributed by atoms with van der Waals surface area (Å²) in [6.07, 6.45) is 0. The van der Waals surface area contributed by atoms with Gasteiger partial charge in [-0.3, -0.25) is 0 Å². The lowest BCUT2D eigenvalue weighted by Crippen LogP contribution is -2.00. The molecule has 9 aromatic rings. The minimum absolute atomic E-state index is 0.703. The van der Waals surface area contributed by atoms with Crippen molar-refractivity contribution in [1.82, 2.24) is 15.0 Å². The molecule has 9 rings (SSSR count). The van der Waals surface area contributed by atoms with Crippen LogP contribution in [-0.4, -0.2) is 15.0 Å². The molecule has 0 atom stereocenters. The molecule has 0 spiro atoms. The molecular formula is C47H31N3. The summed E-state index contributed by atoms with van der Waals surface area (Å²) in [7, 11) is 0. The highest BCUT2D eigenvalue weighted by Crippen LogP contribution is 2.42. The van der Waals surface area contributed by atoms with Crippen molar-refractivity contribution in [2.45, 2.75) is 0 Å². The molecule has 0 aliphatic rings. The zero-order valence-corrected chi connectivity index (χ0v) is 27.2. The van der Waals surface area contributed by atoms with Crippen molar-refractivity contribution in [2.75, 3.05) is 0 Å². The van der Waals surface area contributed by atoms with Crippen LogP contribution in [0.25, 0.3) is 89.1 Å². The molecule has 50 heavy (non-hydrogen) atoms. The average Bonchev–Trinajstić information content (AvgIpc) is 3.21. The molecular weight excluding hydrogens is 607 g/mol. The third kappa shape index (κ3) is 5.32. The van der Waals surface area contributed by atoms with Crippen LogP contribution in [-0.2, 0) is 0 Å². The minimum atomic E-state index is 0.703. The van der Waals surface area contributed by atoms with E-state index in [1.165, 1.54) is 10.9 Å². The molecule has 0 saturated heterocycles. The van der Waals surface area contributed by atoms with Crippen LogP contribution in [0.15, 0.2) is 188 Å². The molecule has 3 heteroatoms. The Morgan fingerprint density at radius 2 is 0.740 bits per heavy atom. The molecule has 2 aromatic heterocycles. The van der Waals surface area contributed by atoms with Gasteiger partial charge in [0.2, 0.25) is 0 Å². The van der Waals surface area contributed by atoms with Crippen LogP contribution in [0.5, 0.6) is 0 Å². The lowest BCUT2D eigenvalue weighted by Gasteiger charge is -2.18. The number of pyridine rings is 1. The summed E-state index contributed by atoms with van der Waals surface area (Å²) in [4.78, 5) is 15.7. The molecule has 7 aromatic carbocycles. The largest absolute Gasteiger partial charge is 0.247 e. The quantitative estimate of drug-likeness (QED) is 0.170. The summed E-state index contributed by atoms with van der Waals surface area (Å²) in [5.74, 6) is 0.703. The second-order valence-corrected chi connectivity index (χ2v) is 12.4. The van der Waals surface area contributed by atoms with Crippen LogP contribution in [0.1, 0.15) is 0 Å². The molecule has 2 heterocycles. The Labute approximate surface area is 291 Å². The van der Waals surface area contributed by atoms with Crippen LogP contribution in [0.3, 0.4) is 0 Å². The summed E-state index contributed by atoms with van der Waals surface area (Å²) < 4.78 is 0. The molecule has 0 aliphatic heterocycles. The van der Waals surface area contributed by atoms with E-state index in [0.717, 1.165) is 72.3 Å². The van der Waals surface area contributed by atoms with E-state index in [2.05, 4.69) is 152 Å². The van der Waals surface area contributed by atoms with Crippen molar-refractivity contribution < 1.29 is 0 Å². The van der Waals surface area contributed by atoms with Crippen LogP contribution >= 0.6 is 0 Å². The van der Waals surface area contributed by atoms with Gasteiger partial charge in [0.25, 0.3) is 0 Å². The first-order valence-electron chi connectivity index (χ1n) is 16.9. The standard InChI is InChI=1S/C47H31N3/c1-5-16-34(17-6-1)44-40-26-15-25-38(43(40)39-24-13-14-27-41(39)48-44)32-28-30-33(31-29-32)42-45(35-18-7-2-8-19-35)49-47(37-22-11-4-12-23-37)50-46(42)36-20-9-3-10-21-36/h1-31H. The van der Waals surface area contributed by atoms with Crippen molar-refractivity contribution in [2.24, 2.45) is 0 Å². The van der Waals surface area contributed by atoms with Gasteiger partial charge in [0.05, 0.1) is 22.6 Å². The first-order valence-corrected chi connectivity index (χ1v) is 16.9. The molecule has 0 unspecified atom stereocenters. The topological polar surface area (TPSA) is 38.7 Å². The fourth-order valence-electron chi connectivity index (χ4n) is 6.94. The summed E-state index contributed by atoms with van der Waals surface area (Å²) >= 11 is 0. The van der Waals surface area contributed by atoms with Crippen LogP contribution in [0, 0.1) is 0 Å². The fourth-order valence-corrected chi connectivity index (χ4v) is 6.94. The Balaban J connectivity index is 1.26. The van der Waals surface area contributed by atoms with E-state index < -0.39 is 0 Å². The van der Waals surface area contributed by atoms with E-state index in [1.807, 2.05) is 36.4 Å². The van der Waals surface area contributed by atoms with E-state index in [4.69, 9.17) is 15.0 Å². The molecule has 0 fully saturated rings. The fraction of sp³-hybridized carbons (Fsp3) is 0. The van der Waals surface area contributed by atoms with Gasteiger partial charge in [0.15, 0.2) is 5.82 Å². The van der Waals surface area contributed by atoms with Gasteiger partial charge in [-0.25, -0.2) is 15.0 Å². The predicted molar refractivity (Wildman–Crippen MR) is 207 cm³/mol. The lowest BCUT2D eigenvalue weighted by molar-refractivity contribution is 1.18. The van der Waals surface area contributed by atoms with Gasteiger partial charge in [-0.2, -0.15) is 0 Å². The van der Waals surface area contributed by atoms with Gasteiger partial charge < -0.3 is 0 Å². The van der Waals surface area contributed by atoms with Gasteiger partial charge in [-0.15, -0.1) is 0 Å². The SMILES string of the molecule is c1ccc(-c2nc(-c3ccccc3)c(-c3ccc(-c4cccc5c(-c6ccccc6)nc6ccccc6c45)cc3)c(-c3ccccc3)n2)cc1. The molecule has 0 saturated carbocycles. The van der Waals surface area contributed by atoms with Crippen molar-refractivity contribution in [3.63, 3.8) is 0 Å².